The van der Waals surface area contributed by atoms with Crippen molar-refractivity contribution in [1.29, 1.82) is 0 Å². The molecule has 13 nitrogen and oxygen atoms in total. The first-order chi connectivity index (χ1) is 23.2. The van der Waals surface area contributed by atoms with Crippen LogP contribution in [0.1, 0.15) is 46.1 Å². The van der Waals surface area contributed by atoms with Crippen molar-refractivity contribution in [2.24, 2.45) is 7.05 Å². The van der Waals surface area contributed by atoms with E-state index in [2.05, 4.69) is 26.0 Å². The summed E-state index contributed by atoms with van der Waals surface area (Å²) in [6, 6.07) is 21.1. The van der Waals surface area contributed by atoms with Crippen molar-refractivity contribution in [3.05, 3.63) is 112 Å². The van der Waals surface area contributed by atoms with E-state index in [-0.39, 0.29) is 36.9 Å². The van der Waals surface area contributed by atoms with Crippen molar-refractivity contribution in [3.63, 3.8) is 0 Å². The van der Waals surface area contributed by atoms with Crippen LogP contribution in [0.15, 0.2) is 83.8 Å². The number of aromatic amines is 1. The zero-order valence-corrected chi connectivity index (χ0v) is 26.4. The highest BCUT2D eigenvalue weighted by molar-refractivity contribution is 5.95. The summed E-state index contributed by atoms with van der Waals surface area (Å²) in [5.41, 5.74) is 4.27. The van der Waals surface area contributed by atoms with Crippen molar-refractivity contribution >= 4 is 22.9 Å². The fourth-order valence-electron chi connectivity index (χ4n) is 5.35. The van der Waals surface area contributed by atoms with Gasteiger partial charge in [0, 0.05) is 38.1 Å². The molecule has 2 heterocycles. The normalized spacial score (nSPS) is 11.7. The zero-order chi connectivity index (χ0) is 34.0. The Labute approximate surface area is 276 Å². The van der Waals surface area contributed by atoms with Crippen molar-refractivity contribution in [2.45, 2.75) is 32.1 Å². The second-order valence-corrected chi connectivity index (χ2v) is 11.3. The molecule has 48 heavy (non-hydrogen) atoms. The average molecular weight is 655 g/mol. The number of amides is 2. The van der Waals surface area contributed by atoms with Gasteiger partial charge in [-0.1, -0.05) is 36.4 Å². The number of rotatable bonds is 15. The molecule has 0 aliphatic rings. The van der Waals surface area contributed by atoms with E-state index in [0.717, 1.165) is 23.1 Å². The molecule has 0 saturated heterocycles. The summed E-state index contributed by atoms with van der Waals surface area (Å²) in [4.78, 5) is 38.1. The van der Waals surface area contributed by atoms with Crippen molar-refractivity contribution in [1.82, 2.24) is 30.7 Å². The Morgan fingerprint density at radius 3 is 2.56 bits per heavy atom. The summed E-state index contributed by atoms with van der Waals surface area (Å²) in [5.74, 6) is 0.307. The molecule has 13 heteroatoms. The number of phenolic OH excluding ortho intramolecular Hbond substituents is 1. The first-order valence-electron chi connectivity index (χ1n) is 15.5. The summed E-state index contributed by atoms with van der Waals surface area (Å²) in [6.45, 7) is 1.69. The zero-order valence-electron chi connectivity index (χ0n) is 26.4. The number of phenols is 1. The number of aromatic nitrogens is 3. The van der Waals surface area contributed by atoms with Crippen LogP contribution < -0.4 is 26.2 Å². The van der Waals surface area contributed by atoms with Gasteiger partial charge in [0.15, 0.2) is 0 Å². The lowest BCUT2D eigenvalue weighted by molar-refractivity contribution is 0.0950. The van der Waals surface area contributed by atoms with E-state index in [0.29, 0.717) is 53.0 Å². The Balaban J connectivity index is 1.07. The third-order valence-electron chi connectivity index (χ3n) is 7.89. The maximum Gasteiger partial charge on any atom is 0.404 e. The lowest BCUT2D eigenvalue weighted by Crippen LogP contribution is -2.27. The summed E-state index contributed by atoms with van der Waals surface area (Å²) in [6.07, 6.45) is 1.07. The number of benzene rings is 3. The average Bonchev–Trinajstić information content (AvgIpc) is 3.46. The molecule has 5 aromatic rings. The van der Waals surface area contributed by atoms with E-state index in [1.807, 2.05) is 48.5 Å². The van der Waals surface area contributed by atoms with Gasteiger partial charge in [-0.3, -0.25) is 14.3 Å². The van der Waals surface area contributed by atoms with Crippen LogP contribution in [-0.2, 0) is 20.2 Å². The van der Waals surface area contributed by atoms with Gasteiger partial charge in [0.05, 0.1) is 29.1 Å². The van der Waals surface area contributed by atoms with Crippen LogP contribution in [0.2, 0.25) is 0 Å². The minimum Gasteiger partial charge on any atom is -0.506 e. The quantitative estimate of drug-likeness (QED) is 0.0823. The summed E-state index contributed by atoms with van der Waals surface area (Å²) < 4.78 is 7.67. The Kier molecular flexibility index (Phi) is 11.1. The van der Waals surface area contributed by atoms with E-state index < -0.39 is 12.2 Å². The van der Waals surface area contributed by atoms with Crippen LogP contribution in [0.25, 0.3) is 22.0 Å². The fraction of sp³-hybridized carbons (Fsp3) is 0.257. The number of hydrogen-bond acceptors (Lipinski definition) is 8. The second-order valence-electron chi connectivity index (χ2n) is 11.3. The smallest absolute Gasteiger partial charge is 0.404 e. The number of hydrogen-bond donors (Lipinski definition) is 7. The molecule has 0 saturated carbocycles. The van der Waals surface area contributed by atoms with Gasteiger partial charge in [-0.2, -0.15) is 5.10 Å². The van der Waals surface area contributed by atoms with Crippen LogP contribution in [0, 0.1) is 0 Å². The topological polar surface area (TPSA) is 191 Å². The maximum absolute atomic E-state index is 13.0. The van der Waals surface area contributed by atoms with Gasteiger partial charge in [0.2, 0.25) is 5.56 Å². The molecule has 0 fully saturated rings. The van der Waals surface area contributed by atoms with Crippen molar-refractivity contribution in [3.8, 4) is 22.6 Å². The molecule has 1 atom stereocenters. The minimum absolute atomic E-state index is 0.0570. The molecule has 250 valence electrons. The summed E-state index contributed by atoms with van der Waals surface area (Å²) in [5, 5.41) is 43.0. The second kappa shape index (κ2) is 15.8. The van der Waals surface area contributed by atoms with Gasteiger partial charge in [0.25, 0.3) is 5.91 Å². The number of carbonyl (C=O) groups is 2. The lowest BCUT2D eigenvalue weighted by atomic mass is 10.0. The Morgan fingerprint density at radius 1 is 0.979 bits per heavy atom. The van der Waals surface area contributed by atoms with Gasteiger partial charge in [-0.05, 0) is 72.0 Å². The van der Waals surface area contributed by atoms with Gasteiger partial charge in [0.1, 0.15) is 18.1 Å². The van der Waals surface area contributed by atoms with Gasteiger partial charge in [-0.15, -0.1) is 0 Å². The number of nitrogens with one attached hydrogen (secondary N) is 4. The molecule has 0 spiro atoms. The van der Waals surface area contributed by atoms with E-state index in [9.17, 15) is 24.6 Å². The number of aliphatic hydroxyl groups excluding tert-OH is 1. The number of carbonyl (C=O) groups excluding carboxylic acids is 1. The summed E-state index contributed by atoms with van der Waals surface area (Å²) >= 11 is 0. The fourth-order valence-corrected chi connectivity index (χ4v) is 5.35. The van der Waals surface area contributed by atoms with E-state index in [1.165, 1.54) is 18.3 Å². The standard InChI is InChI=1S/C35H38N6O7/c1-41-29(21-48-25-9-5-8-24(17-25)23-7-4-6-22(16-23)18-38-35(46)47)28(19-39-41)34(45)37-15-3-2-14-36-20-31(43)26-10-12-30(42)33-27(26)11-13-32(44)40-33/h4-13,16-17,19,31,36,38,42-43H,2-3,14-15,18,20-21H2,1H3,(H,37,45)(H,40,44)(H,46,47)/t31-/m0/s1. The van der Waals surface area contributed by atoms with Gasteiger partial charge >= 0.3 is 6.09 Å². The SMILES string of the molecule is Cn1ncc(C(=O)NCCCCNC[C@H](O)c2ccc(O)c3[nH]c(=O)ccc23)c1COc1cccc(-c2cccc(CNC(=O)O)c2)c1. The van der Waals surface area contributed by atoms with E-state index in [1.54, 1.807) is 23.9 Å². The molecule has 0 bridgehead atoms. The highest BCUT2D eigenvalue weighted by Gasteiger charge is 2.17. The van der Waals surface area contributed by atoms with E-state index >= 15 is 0 Å². The Bertz CT molecular complexity index is 1950. The van der Waals surface area contributed by atoms with Gasteiger partial charge in [-0.25, -0.2) is 4.79 Å². The number of aryl methyl sites for hydroxylation is 1. The van der Waals surface area contributed by atoms with Crippen molar-refractivity contribution in [2.75, 3.05) is 19.6 Å². The maximum atomic E-state index is 13.0. The van der Waals surface area contributed by atoms with E-state index in [4.69, 9.17) is 9.84 Å². The Hall–Kier alpha value is -5.66. The first-order valence-corrected chi connectivity index (χ1v) is 15.5. The molecular formula is C35H38N6O7. The van der Waals surface area contributed by atoms with Crippen molar-refractivity contribution < 1.29 is 29.6 Å². The van der Waals surface area contributed by atoms with Crippen LogP contribution >= 0.6 is 0 Å². The third-order valence-corrected chi connectivity index (χ3v) is 7.89. The monoisotopic (exact) mass is 654 g/mol. The Morgan fingerprint density at radius 2 is 1.75 bits per heavy atom. The predicted octanol–water partition coefficient (Wildman–Crippen LogP) is 3.81. The molecule has 3 aromatic carbocycles. The van der Waals surface area contributed by atoms with Crippen LogP contribution in [-0.4, -0.2) is 61.7 Å². The van der Waals surface area contributed by atoms with Crippen LogP contribution in [0.4, 0.5) is 4.79 Å². The highest BCUT2D eigenvalue weighted by Crippen LogP contribution is 2.29. The molecule has 0 radical (unpaired) electrons. The minimum atomic E-state index is -1.08. The molecule has 2 amide bonds. The predicted molar refractivity (Wildman–Crippen MR) is 180 cm³/mol. The molecule has 0 aliphatic carbocycles. The number of nitrogens with zero attached hydrogens (tertiary/aromatic N) is 2. The van der Waals surface area contributed by atoms with Gasteiger partial charge < -0.3 is 41.0 Å². The number of fused-ring (bicyclic) bond motifs is 1. The molecule has 0 aliphatic heterocycles. The van der Waals surface area contributed by atoms with Crippen LogP contribution in [0.3, 0.4) is 0 Å². The highest BCUT2D eigenvalue weighted by atomic mass is 16.5. The van der Waals surface area contributed by atoms with Crippen LogP contribution in [0.5, 0.6) is 11.5 Å². The number of carboxylic acid groups (broad SMARTS) is 1. The number of pyridine rings is 1. The summed E-state index contributed by atoms with van der Waals surface area (Å²) in [7, 11) is 1.75. The number of aromatic hydroxyl groups is 1. The number of unbranched alkanes of at least 4 members (excludes halogenated alkanes) is 1. The molecule has 7 N–H and O–H groups in total. The number of ether oxygens (including phenoxy) is 1. The third kappa shape index (κ3) is 8.57. The number of aliphatic hydroxyl groups is 1. The molecular weight excluding hydrogens is 616 g/mol. The molecule has 0 unspecified atom stereocenters. The molecule has 2 aromatic heterocycles. The first kappa shape index (κ1) is 33.7. The number of H-pyrrole nitrogens is 1. The largest absolute Gasteiger partial charge is 0.506 e. The molecule has 5 rings (SSSR count). The lowest BCUT2D eigenvalue weighted by Gasteiger charge is -2.15.